The predicted molar refractivity (Wildman–Crippen MR) is 83.6 cm³/mol. The van der Waals surface area contributed by atoms with Crippen LogP contribution in [0.15, 0.2) is 16.6 Å². The average Bonchev–Trinajstić information content (AvgIpc) is 3.00. The van der Waals surface area contributed by atoms with Gasteiger partial charge in [0.05, 0.1) is 6.04 Å². The van der Waals surface area contributed by atoms with Gasteiger partial charge in [0.1, 0.15) is 13.2 Å². The minimum absolute atomic E-state index is 0.0525. The fourth-order valence-electron chi connectivity index (χ4n) is 3.01. The molecule has 1 aliphatic heterocycles. The van der Waals surface area contributed by atoms with Crippen molar-refractivity contribution in [3.8, 4) is 11.5 Å². The molecule has 0 aromatic heterocycles. The second kappa shape index (κ2) is 6.26. The molecule has 3 rings (SSSR count). The molecule has 1 fully saturated rings. The molecule has 1 atom stereocenters. The number of hydrogen-bond donors (Lipinski definition) is 1. The molecule has 0 radical (unpaired) electrons. The molecule has 1 saturated carbocycles. The third-order valence-electron chi connectivity index (χ3n) is 4.21. The second-order valence-electron chi connectivity index (χ2n) is 5.73. The molecule has 21 heavy (non-hydrogen) atoms. The van der Waals surface area contributed by atoms with Gasteiger partial charge in [0, 0.05) is 10.4 Å². The van der Waals surface area contributed by atoms with Crippen LogP contribution in [0.25, 0.3) is 0 Å². The lowest BCUT2D eigenvalue weighted by molar-refractivity contribution is -0.125. The Morgan fingerprint density at radius 1 is 1.24 bits per heavy atom. The Balaban J connectivity index is 1.74. The first-order chi connectivity index (χ1) is 10.1. The molecule has 1 N–H and O–H groups in total. The SMILES string of the molecule is CC(NC(=O)C1CCCC1)c1cc2c(cc1Br)OCCO2. The number of benzene rings is 1. The topological polar surface area (TPSA) is 47.6 Å². The number of ether oxygens (including phenoxy) is 2. The van der Waals surface area contributed by atoms with Gasteiger partial charge in [0.2, 0.25) is 5.91 Å². The van der Waals surface area contributed by atoms with Crippen LogP contribution in [0.5, 0.6) is 11.5 Å². The number of carbonyl (C=O) groups excluding carboxylic acids is 1. The van der Waals surface area contributed by atoms with Crippen LogP contribution >= 0.6 is 15.9 Å². The molecule has 1 heterocycles. The molecular formula is C16H20BrNO3. The minimum atomic E-state index is -0.0525. The van der Waals surface area contributed by atoms with Crippen LogP contribution in [0, 0.1) is 5.92 Å². The predicted octanol–water partition coefficient (Wildman–Crippen LogP) is 3.59. The number of carbonyl (C=O) groups is 1. The maximum Gasteiger partial charge on any atom is 0.223 e. The summed E-state index contributed by atoms with van der Waals surface area (Å²) in [4.78, 5) is 12.2. The van der Waals surface area contributed by atoms with Crippen LogP contribution in [0.1, 0.15) is 44.2 Å². The maximum atomic E-state index is 12.2. The molecule has 1 unspecified atom stereocenters. The highest BCUT2D eigenvalue weighted by Gasteiger charge is 2.25. The van der Waals surface area contributed by atoms with Gasteiger partial charge in [-0.25, -0.2) is 0 Å². The summed E-state index contributed by atoms with van der Waals surface area (Å²) in [7, 11) is 0. The Bertz CT molecular complexity index is 541. The van der Waals surface area contributed by atoms with Gasteiger partial charge < -0.3 is 14.8 Å². The first-order valence-corrected chi connectivity index (χ1v) is 8.34. The number of fused-ring (bicyclic) bond motifs is 1. The summed E-state index contributed by atoms with van der Waals surface area (Å²) >= 11 is 3.56. The number of hydrogen-bond acceptors (Lipinski definition) is 3. The van der Waals surface area contributed by atoms with Gasteiger partial charge in [0.25, 0.3) is 0 Å². The molecule has 114 valence electrons. The largest absolute Gasteiger partial charge is 0.486 e. The fraction of sp³-hybridized carbons (Fsp3) is 0.562. The van der Waals surface area contributed by atoms with E-state index in [1.54, 1.807) is 0 Å². The Morgan fingerprint density at radius 2 is 1.86 bits per heavy atom. The number of nitrogens with one attached hydrogen (secondary N) is 1. The molecule has 1 aliphatic carbocycles. The van der Waals surface area contributed by atoms with Crippen molar-refractivity contribution in [3.05, 3.63) is 22.2 Å². The summed E-state index contributed by atoms with van der Waals surface area (Å²) in [6.45, 7) is 3.15. The Labute approximate surface area is 133 Å². The molecule has 1 aromatic carbocycles. The number of halogens is 1. The van der Waals surface area contributed by atoms with Gasteiger partial charge in [-0.15, -0.1) is 0 Å². The molecule has 2 aliphatic rings. The van der Waals surface area contributed by atoms with E-state index in [1.165, 1.54) is 12.8 Å². The molecule has 1 aromatic rings. The standard InChI is InChI=1S/C16H20BrNO3/c1-10(18-16(19)11-4-2-3-5-11)12-8-14-15(9-13(12)17)21-7-6-20-14/h8-11H,2-7H2,1H3,(H,18,19). The van der Waals surface area contributed by atoms with Crippen molar-refractivity contribution in [1.29, 1.82) is 0 Å². The lowest BCUT2D eigenvalue weighted by atomic mass is 10.0. The first kappa shape index (κ1) is 14.7. The Hall–Kier alpha value is -1.23. The summed E-state index contributed by atoms with van der Waals surface area (Å²) in [6, 6.07) is 3.82. The van der Waals surface area contributed by atoms with Crippen molar-refractivity contribution in [2.24, 2.45) is 5.92 Å². The lowest BCUT2D eigenvalue weighted by Crippen LogP contribution is -2.31. The summed E-state index contributed by atoms with van der Waals surface area (Å²) in [5, 5.41) is 3.12. The van der Waals surface area contributed by atoms with Gasteiger partial charge in [-0.3, -0.25) is 4.79 Å². The van der Waals surface area contributed by atoms with Crippen LogP contribution in [0.3, 0.4) is 0 Å². The summed E-state index contributed by atoms with van der Waals surface area (Å²) < 4.78 is 12.1. The van der Waals surface area contributed by atoms with Crippen LogP contribution in [0.2, 0.25) is 0 Å². The van der Waals surface area contributed by atoms with Gasteiger partial charge in [-0.05, 0) is 37.5 Å². The number of rotatable bonds is 3. The van der Waals surface area contributed by atoms with Crippen LogP contribution < -0.4 is 14.8 Å². The molecule has 0 spiro atoms. The van der Waals surface area contributed by atoms with Crippen molar-refractivity contribution in [2.75, 3.05) is 13.2 Å². The van der Waals surface area contributed by atoms with Crippen molar-refractivity contribution in [1.82, 2.24) is 5.32 Å². The first-order valence-electron chi connectivity index (χ1n) is 7.54. The van der Waals surface area contributed by atoms with E-state index in [-0.39, 0.29) is 17.9 Å². The monoisotopic (exact) mass is 353 g/mol. The van der Waals surface area contributed by atoms with E-state index in [9.17, 15) is 4.79 Å². The Kier molecular flexibility index (Phi) is 4.38. The quantitative estimate of drug-likeness (QED) is 0.903. The van der Waals surface area contributed by atoms with Crippen LogP contribution in [-0.2, 0) is 4.79 Å². The van der Waals surface area contributed by atoms with E-state index in [0.717, 1.165) is 34.4 Å². The van der Waals surface area contributed by atoms with E-state index in [0.29, 0.717) is 13.2 Å². The maximum absolute atomic E-state index is 12.2. The fourth-order valence-corrected chi connectivity index (χ4v) is 3.67. The molecule has 0 bridgehead atoms. The van der Waals surface area contributed by atoms with E-state index < -0.39 is 0 Å². The summed E-state index contributed by atoms with van der Waals surface area (Å²) in [6.07, 6.45) is 4.36. The van der Waals surface area contributed by atoms with Crippen LogP contribution in [-0.4, -0.2) is 19.1 Å². The van der Waals surface area contributed by atoms with Gasteiger partial charge in [0.15, 0.2) is 11.5 Å². The molecule has 4 nitrogen and oxygen atoms in total. The molecule has 0 saturated heterocycles. The molecule has 5 heteroatoms. The van der Waals surface area contributed by atoms with Crippen LogP contribution in [0.4, 0.5) is 0 Å². The molecule has 1 amide bonds. The average molecular weight is 354 g/mol. The van der Waals surface area contributed by atoms with Gasteiger partial charge >= 0.3 is 0 Å². The summed E-state index contributed by atoms with van der Waals surface area (Å²) in [5.74, 6) is 1.86. The van der Waals surface area contributed by atoms with Gasteiger partial charge in [-0.2, -0.15) is 0 Å². The van der Waals surface area contributed by atoms with E-state index in [2.05, 4.69) is 21.2 Å². The number of amides is 1. The van der Waals surface area contributed by atoms with E-state index in [4.69, 9.17) is 9.47 Å². The zero-order valence-electron chi connectivity index (χ0n) is 12.2. The zero-order chi connectivity index (χ0) is 14.8. The van der Waals surface area contributed by atoms with Gasteiger partial charge in [-0.1, -0.05) is 28.8 Å². The lowest BCUT2D eigenvalue weighted by Gasteiger charge is -2.23. The normalized spacial score (nSPS) is 19.3. The smallest absolute Gasteiger partial charge is 0.223 e. The third-order valence-corrected chi connectivity index (χ3v) is 4.90. The molecular weight excluding hydrogens is 334 g/mol. The second-order valence-corrected chi connectivity index (χ2v) is 6.58. The van der Waals surface area contributed by atoms with Crippen molar-refractivity contribution in [3.63, 3.8) is 0 Å². The summed E-state index contributed by atoms with van der Waals surface area (Å²) in [5.41, 5.74) is 1.02. The Morgan fingerprint density at radius 3 is 2.52 bits per heavy atom. The highest BCUT2D eigenvalue weighted by molar-refractivity contribution is 9.10. The highest BCUT2D eigenvalue weighted by atomic mass is 79.9. The van der Waals surface area contributed by atoms with E-state index >= 15 is 0 Å². The van der Waals surface area contributed by atoms with E-state index in [1.807, 2.05) is 19.1 Å². The highest BCUT2D eigenvalue weighted by Crippen LogP contribution is 2.38. The zero-order valence-corrected chi connectivity index (χ0v) is 13.7. The third kappa shape index (κ3) is 3.18. The minimum Gasteiger partial charge on any atom is -0.486 e. The van der Waals surface area contributed by atoms with Crippen molar-refractivity contribution in [2.45, 2.75) is 38.6 Å². The van der Waals surface area contributed by atoms with Crippen molar-refractivity contribution < 1.29 is 14.3 Å². The van der Waals surface area contributed by atoms with Crippen molar-refractivity contribution >= 4 is 21.8 Å².